The van der Waals surface area contributed by atoms with Crippen LogP contribution in [-0.4, -0.2) is 29.7 Å². The zero-order chi connectivity index (χ0) is 17.2. The van der Waals surface area contributed by atoms with Crippen molar-refractivity contribution in [2.45, 2.75) is 26.4 Å². The first-order valence-corrected chi connectivity index (χ1v) is 7.30. The van der Waals surface area contributed by atoms with Gasteiger partial charge in [-0.25, -0.2) is 4.99 Å². The Morgan fingerprint density at radius 3 is 2.52 bits per heavy atom. The van der Waals surface area contributed by atoms with E-state index in [1.165, 1.54) is 6.07 Å². The molecule has 1 aromatic rings. The fourth-order valence-corrected chi connectivity index (χ4v) is 2.42. The molecule has 2 N–H and O–H groups in total. The second-order valence-electron chi connectivity index (χ2n) is 5.20. The van der Waals surface area contributed by atoms with Crippen LogP contribution in [0.2, 0.25) is 0 Å². The highest BCUT2D eigenvalue weighted by atomic mass is 19.4. The van der Waals surface area contributed by atoms with Crippen LogP contribution in [0, 0.1) is 0 Å². The van der Waals surface area contributed by atoms with Crippen LogP contribution >= 0.6 is 0 Å². The number of hydrogen-bond donors (Lipinski definition) is 1. The lowest BCUT2D eigenvalue weighted by molar-refractivity contribution is -0.137. The summed E-state index contributed by atoms with van der Waals surface area (Å²) in [5.41, 5.74) is 5.99. The van der Waals surface area contributed by atoms with E-state index in [0.29, 0.717) is 24.2 Å². The molecule has 0 unspecified atom stereocenters. The number of amidine groups is 1. The van der Waals surface area contributed by atoms with Crippen molar-refractivity contribution in [3.63, 3.8) is 0 Å². The maximum absolute atomic E-state index is 12.8. The van der Waals surface area contributed by atoms with E-state index in [9.17, 15) is 18.0 Å². The molecule has 23 heavy (non-hydrogen) atoms. The molecule has 0 saturated heterocycles. The van der Waals surface area contributed by atoms with E-state index in [1.54, 1.807) is 11.0 Å². The normalized spacial score (nSPS) is 14.5. The standard InChI is InChI=1S/C16H18F3N3O/c1-3-22(4-2)15(23)11-7-10-5-6-12(16(17,18)19)9-13(10)21-14(20)8-11/h5-7,9H,3-4,8H2,1-2H3,(H2,20,21). The third-order valence-corrected chi connectivity index (χ3v) is 3.65. The topological polar surface area (TPSA) is 58.7 Å². The van der Waals surface area contributed by atoms with Gasteiger partial charge in [0.2, 0.25) is 5.91 Å². The minimum absolute atomic E-state index is 0.116. The molecule has 1 aliphatic rings. The fraction of sp³-hybridized carbons (Fsp3) is 0.375. The van der Waals surface area contributed by atoms with E-state index in [0.717, 1.165) is 12.1 Å². The Morgan fingerprint density at radius 1 is 1.30 bits per heavy atom. The molecule has 0 spiro atoms. The largest absolute Gasteiger partial charge is 0.416 e. The van der Waals surface area contributed by atoms with Crippen LogP contribution in [0.25, 0.3) is 6.08 Å². The van der Waals surface area contributed by atoms with Gasteiger partial charge in [-0.1, -0.05) is 6.07 Å². The van der Waals surface area contributed by atoms with Gasteiger partial charge >= 0.3 is 6.18 Å². The first-order valence-electron chi connectivity index (χ1n) is 7.30. The van der Waals surface area contributed by atoms with Crippen LogP contribution in [0.5, 0.6) is 0 Å². The highest BCUT2D eigenvalue weighted by Gasteiger charge is 2.31. The van der Waals surface area contributed by atoms with Crippen molar-refractivity contribution in [2.75, 3.05) is 13.1 Å². The number of nitrogens with two attached hydrogens (primary N) is 1. The third-order valence-electron chi connectivity index (χ3n) is 3.65. The summed E-state index contributed by atoms with van der Waals surface area (Å²) in [4.78, 5) is 18.1. The molecular formula is C16H18F3N3O. The Bertz CT molecular complexity index is 674. The average molecular weight is 325 g/mol. The van der Waals surface area contributed by atoms with Crippen molar-refractivity contribution >= 4 is 23.5 Å². The van der Waals surface area contributed by atoms with Gasteiger partial charge in [0.15, 0.2) is 0 Å². The van der Waals surface area contributed by atoms with Gasteiger partial charge in [0.05, 0.1) is 11.3 Å². The highest BCUT2D eigenvalue weighted by molar-refractivity contribution is 6.05. The molecule has 0 fully saturated rings. The Morgan fingerprint density at radius 2 is 1.96 bits per heavy atom. The van der Waals surface area contributed by atoms with Gasteiger partial charge < -0.3 is 10.6 Å². The molecule has 0 aromatic heterocycles. The molecule has 0 aliphatic carbocycles. The lowest BCUT2D eigenvalue weighted by atomic mass is 10.0. The van der Waals surface area contributed by atoms with E-state index in [2.05, 4.69) is 4.99 Å². The molecule has 1 heterocycles. The highest BCUT2D eigenvalue weighted by Crippen LogP contribution is 2.35. The van der Waals surface area contributed by atoms with Gasteiger partial charge in [0, 0.05) is 30.6 Å². The van der Waals surface area contributed by atoms with Crippen LogP contribution < -0.4 is 5.73 Å². The number of hydrogen-bond acceptors (Lipinski definition) is 3. The van der Waals surface area contributed by atoms with E-state index in [-0.39, 0.29) is 23.9 Å². The minimum atomic E-state index is -4.45. The van der Waals surface area contributed by atoms with Crippen LogP contribution in [0.1, 0.15) is 31.4 Å². The second kappa shape index (κ2) is 6.44. The summed E-state index contributed by atoms with van der Waals surface area (Å²) in [5.74, 6) is -0.0595. The smallest absolute Gasteiger partial charge is 0.387 e. The van der Waals surface area contributed by atoms with Crippen molar-refractivity contribution in [3.05, 3.63) is 34.9 Å². The summed E-state index contributed by atoms with van der Waals surface area (Å²) < 4.78 is 38.4. The SMILES string of the molecule is CCN(CC)C(=O)C1=Cc2ccc(C(F)(F)F)cc2N=C(N)C1. The summed E-state index contributed by atoms with van der Waals surface area (Å²) >= 11 is 0. The van der Waals surface area contributed by atoms with Gasteiger partial charge in [-0.3, -0.25) is 4.79 Å². The molecule has 2 rings (SSSR count). The summed E-state index contributed by atoms with van der Waals surface area (Å²) in [5, 5.41) is 0. The zero-order valence-corrected chi connectivity index (χ0v) is 12.9. The summed E-state index contributed by atoms with van der Waals surface area (Å²) in [7, 11) is 0. The number of benzene rings is 1. The van der Waals surface area contributed by atoms with Crippen LogP contribution in [0.3, 0.4) is 0 Å². The van der Waals surface area contributed by atoms with Gasteiger partial charge in [-0.05, 0) is 32.1 Å². The third kappa shape index (κ3) is 3.72. The molecule has 0 atom stereocenters. The maximum atomic E-state index is 12.8. The molecule has 1 aliphatic heterocycles. The van der Waals surface area contributed by atoms with Crippen LogP contribution in [0.15, 0.2) is 28.8 Å². The van der Waals surface area contributed by atoms with Gasteiger partial charge in [0.1, 0.15) is 5.84 Å². The molecular weight excluding hydrogens is 307 g/mol. The number of carbonyl (C=O) groups excluding carboxylic acids is 1. The monoisotopic (exact) mass is 325 g/mol. The Hall–Kier alpha value is -2.31. The zero-order valence-electron chi connectivity index (χ0n) is 12.9. The van der Waals surface area contributed by atoms with Crippen molar-refractivity contribution < 1.29 is 18.0 Å². The quantitative estimate of drug-likeness (QED) is 0.926. The van der Waals surface area contributed by atoms with Crippen molar-refractivity contribution in [2.24, 2.45) is 10.7 Å². The van der Waals surface area contributed by atoms with Crippen LogP contribution in [-0.2, 0) is 11.0 Å². The summed E-state index contributed by atoms with van der Waals surface area (Å²) in [6.45, 7) is 4.81. The minimum Gasteiger partial charge on any atom is -0.387 e. The van der Waals surface area contributed by atoms with Crippen LogP contribution in [0.4, 0.5) is 18.9 Å². The van der Waals surface area contributed by atoms with E-state index < -0.39 is 11.7 Å². The first-order chi connectivity index (χ1) is 10.8. The molecule has 0 saturated carbocycles. The van der Waals surface area contributed by atoms with Gasteiger partial charge in [-0.2, -0.15) is 13.2 Å². The molecule has 4 nitrogen and oxygen atoms in total. The lowest BCUT2D eigenvalue weighted by Crippen LogP contribution is -2.32. The first kappa shape index (κ1) is 17.1. The number of amides is 1. The van der Waals surface area contributed by atoms with Crippen molar-refractivity contribution in [1.29, 1.82) is 0 Å². The maximum Gasteiger partial charge on any atom is 0.416 e. The van der Waals surface area contributed by atoms with E-state index in [1.807, 2.05) is 13.8 Å². The molecule has 0 radical (unpaired) electrons. The van der Waals surface area contributed by atoms with Crippen molar-refractivity contribution in [1.82, 2.24) is 4.90 Å². The second-order valence-corrected chi connectivity index (χ2v) is 5.20. The van der Waals surface area contributed by atoms with E-state index in [4.69, 9.17) is 5.73 Å². The summed E-state index contributed by atoms with van der Waals surface area (Å²) in [6.07, 6.45) is -2.76. The Labute approximate surface area is 132 Å². The lowest BCUT2D eigenvalue weighted by Gasteiger charge is -2.20. The predicted octanol–water partition coefficient (Wildman–Crippen LogP) is 3.35. The number of rotatable bonds is 3. The number of likely N-dealkylation sites (N-methyl/N-ethyl adjacent to an activating group) is 1. The number of fused-ring (bicyclic) bond motifs is 1. The average Bonchev–Trinajstić information content (AvgIpc) is 2.64. The van der Waals surface area contributed by atoms with Gasteiger partial charge in [0.25, 0.3) is 0 Å². The van der Waals surface area contributed by atoms with Crippen molar-refractivity contribution in [3.8, 4) is 0 Å². The van der Waals surface area contributed by atoms with E-state index >= 15 is 0 Å². The number of carbonyl (C=O) groups is 1. The molecule has 1 aromatic carbocycles. The fourth-order valence-electron chi connectivity index (χ4n) is 2.42. The number of aliphatic imine (C=N–C) groups is 1. The molecule has 7 heteroatoms. The number of halogens is 3. The number of alkyl halides is 3. The Balaban J connectivity index is 2.47. The molecule has 124 valence electrons. The predicted molar refractivity (Wildman–Crippen MR) is 83.2 cm³/mol. The van der Waals surface area contributed by atoms with Gasteiger partial charge in [-0.15, -0.1) is 0 Å². The Kier molecular flexibility index (Phi) is 4.77. The number of nitrogens with zero attached hydrogens (tertiary/aromatic N) is 2. The summed E-state index contributed by atoms with van der Waals surface area (Å²) in [6, 6.07) is 3.24. The molecule has 0 bridgehead atoms. The molecule has 1 amide bonds.